The molecule has 7 heteroatoms. The number of benzene rings is 1. The van der Waals surface area contributed by atoms with Gasteiger partial charge in [0.05, 0.1) is 0 Å². The molecule has 0 saturated carbocycles. The first kappa shape index (κ1) is 20.3. The van der Waals surface area contributed by atoms with E-state index in [9.17, 15) is 4.79 Å². The van der Waals surface area contributed by atoms with Crippen molar-refractivity contribution in [3.63, 3.8) is 0 Å². The Labute approximate surface area is 160 Å². The number of nitrogens with one attached hydrogen (secondary N) is 1. The quantitative estimate of drug-likeness (QED) is 0.644. The lowest BCUT2D eigenvalue weighted by Gasteiger charge is -2.17. The maximum absolute atomic E-state index is 12.1. The number of aryl methyl sites for hydroxylation is 1. The molecule has 1 amide bonds. The van der Waals surface area contributed by atoms with Gasteiger partial charge in [-0.2, -0.15) is 5.10 Å². The average molecular weight is 379 g/mol. The van der Waals surface area contributed by atoms with Gasteiger partial charge >= 0.3 is 0 Å². The number of rotatable bonds is 10. The molecule has 6 nitrogen and oxygen atoms in total. The van der Waals surface area contributed by atoms with Crippen LogP contribution in [0.25, 0.3) is 0 Å². The topological polar surface area (TPSA) is 59.4 Å². The van der Waals surface area contributed by atoms with Crippen molar-refractivity contribution in [2.45, 2.75) is 33.9 Å². The molecule has 0 spiro atoms. The summed E-state index contributed by atoms with van der Waals surface area (Å²) in [5.74, 6) is 0.551. The van der Waals surface area contributed by atoms with Gasteiger partial charge in [0, 0.05) is 17.8 Å². The van der Waals surface area contributed by atoms with Crippen LogP contribution in [-0.4, -0.2) is 46.8 Å². The number of aromatic nitrogens is 2. The van der Waals surface area contributed by atoms with Gasteiger partial charge in [-0.15, -0.1) is 0 Å². The van der Waals surface area contributed by atoms with Gasteiger partial charge in [-0.3, -0.25) is 4.79 Å². The van der Waals surface area contributed by atoms with Crippen molar-refractivity contribution >= 4 is 17.5 Å². The van der Waals surface area contributed by atoms with E-state index in [-0.39, 0.29) is 12.6 Å². The Kier molecular flexibility index (Phi) is 7.94. The normalized spacial score (nSPS) is 11.0. The van der Waals surface area contributed by atoms with Crippen LogP contribution in [0, 0.1) is 6.92 Å². The van der Waals surface area contributed by atoms with Crippen LogP contribution in [0.15, 0.2) is 30.5 Å². The Bertz CT molecular complexity index is 713. The average Bonchev–Trinajstić information content (AvgIpc) is 3.12. The Hall–Kier alpha value is -2.05. The molecule has 2 rings (SSSR count). The van der Waals surface area contributed by atoms with Gasteiger partial charge < -0.3 is 15.0 Å². The molecular weight excluding hydrogens is 352 g/mol. The van der Waals surface area contributed by atoms with Crippen LogP contribution in [0.1, 0.15) is 36.3 Å². The van der Waals surface area contributed by atoms with E-state index in [0.717, 1.165) is 31.6 Å². The van der Waals surface area contributed by atoms with E-state index in [1.165, 1.54) is 0 Å². The summed E-state index contributed by atoms with van der Waals surface area (Å²) in [4.78, 5) is 14.5. The van der Waals surface area contributed by atoms with E-state index in [1.54, 1.807) is 23.0 Å². The fraction of sp³-hybridized carbons (Fsp3) is 0.474. The number of carbonyl (C=O) groups is 1. The highest BCUT2D eigenvalue weighted by Crippen LogP contribution is 2.21. The number of hydrogen-bond donors (Lipinski definition) is 1. The van der Waals surface area contributed by atoms with E-state index in [0.29, 0.717) is 23.0 Å². The first-order valence-electron chi connectivity index (χ1n) is 8.96. The number of carbonyl (C=O) groups excluding carboxylic acids is 1. The van der Waals surface area contributed by atoms with E-state index < -0.39 is 0 Å². The molecular formula is C19H27ClN4O2. The SMILES string of the molecule is CCN(CC)CCCNC(=O)c1ccn(COc2ccc(Cl)c(C)c2)n1. The van der Waals surface area contributed by atoms with Crippen molar-refractivity contribution in [1.29, 1.82) is 0 Å². The molecule has 0 unspecified atom stereocenters. The maximum atomic E-state index is 12.1. The van der Waals surface area contributed by atoms with E-state index in [4.69, 9.17) is 16.3 Å². The number of amides is 1. The predicted molar refractivity (Wildman–Crippen MR) is 104 cm³/mol. The zero-order valence-corrected chi connectivity index (χ0v) is 16.4. The Morgan fingerprint density at radius 2 is 2.08 bits per heavy atom. The monoisotopic (exact) mass is 378 g/mol. The summed E-state index contributed by atoms with van der Waals surface area (Å²) in [5.41, 5.74) is 1.35. The molecule has 0 aliphatic heterocycles. The van der Waals surface area contributed by atoms with Crippen molar-refractivity contribution in [3.05, 3.63) is 46.7 Å². The van der Waals surface area contributed by atoms with Crippen molar-refractivity contribution in [2.75, 3.05) is 26.2 Å². The minimum Gasteiger partial charge on any atom is -0.471 e. The van der Waals surface area contributed by atoms with Crippen LogP contribution in [-0.2, 0) is 6.73 Å². The smallest absolute Gasteiger partial charge is 0.271 e. The minimum atomic E-state index is -0.161. The summed E-state index contributed by atoms with van der Waals surface area (Å²) in [6.07, 6.45) is 2.65. The first-order chi connectivity index (χ1) is 12.5. The molecule has 0 atom stereocenters. The summed E-state index contributed by atoms with van der Waals surface area (Å²) >= 11 is 6.00. The van der Waals surface area contributed by atoms with Crippen LogP contribution >= 0.6 is 11.6 Å². The highest BCUT2D eigenvalue weighted by atomic mass is 35.5. The van der Waals surface area contributed by atoms with E-state index in [2.05, 4.69) is 29.2 Å². The van der Waals surface area contributed by atoms with Crippen molar-refractivity contribution in [2.24, 2.45) is 0 Å². The molecule has 142 valence electrons. The Morgan fingerprint density at radius 3 is 2.77 bits per heavy atom. The zero-order chi connectivity index (χ0) is 18.9. The summed E-state index contributed by atoms with van der Waals surface area (Å²) < 4.78 is 7.27. The van der Waals surface area contributed by atoms with Gasteiger partial charge in [0.15, 0.2) is 6.73 Å². The van der Waals surface area contributed by atoms with Crippen LogP contribution < -0.4 is 10.1 Å². The second-order valence-corrected chi connectivity index (χ2v) is 6.47. The van der Waals surface area contributed by atoms with E-state index >= 15 is 0 Å². The fourth-order valence-electron chi connectivity index (χ4n) is 2.54. The summed E-state index contributed by atoms with van der Waals surface area (Å²) in [7, 11) is 0. The van der Waals surface area contributed by atoms with Gasteiger partial charge in [-0.05, 0) is 62.8 Å². The second kappa shape index (κ2) is 10.2. The summed E-state index contributed by atoms with van der Waals surface area (Å²) in [6.45, 7) is 10.1. The van der Waals surface area contributed by atoms with Crippen LogP contribution in [0.5, 0.6) is 5.75 Å². The lowest BCUT2D eigenvalue weighted by atomic mass is 10.2. The molecule has 0 aliphatic carbocycles. The molecule has 1 aromatic heterocycles. The summed E-state index contributed by atoms with van der Waals surface area (Å²) in [5, 5.41) is 7.87. The maximum Gasteiger partial charge on any atom is 0.271 e. The number of halogens is 1. The third kappa shape index (κ3) is 6.04. The van der Waals surface area contributed by atoms with Crippen LogP contribution in [0.4, 0.5) is 0 Å². The van der Waals surface area contributed by atoms with Crippen molar-refractivity contribution in [3.8, 4) is 5.75 Å². The number of nitrogens with zero attached hydrogens (tertiary/aromatic N) is 3. The predicted octanol–water partition coefficient (Wildman–Crippen LogP) is 3.34. The molecule has 0 aliphatic rings. The molecule has 0 bridgehead atoms. The Morgan fingerprint density at radius 1 is 1.31 bits per heavy atom. The van der Waals surface area contributed by atoms with Gasteiger partial charge in [-0.25, -0.2) is 4.68 Å². The largest absolute Gasteiger partial charge is 0.471 e. The highest BCUT2D eigenvalue weighted by Gasteiger charge is 2.09. The highest BCUT2D eigenvalue weighted by molar-refractivity contribution is 6.31. The molecule has 2 aromatic rings. The van der Waals surface area contributed by atoms with Crippen LogP contribution in [0.3, 0.4) is 0 Å². The standard InChI is InChI=1S/C19H27ClN4O2/c1-4-23(5-2)11-6-10-21-19(25)18-9-12-24(22-18)14-26-16-7-8-17(20)15(3)13-16/h7-9,12-13H,4-6,10-11,14H2,1-3H3,(H,21,25). The van der Waals surface area contributed by atoms with Crippen molar-refractivity contribution in [1.82, 2.24) is 20.0 Å². The molecule has 1 heterocycles. The first-order valence-corrected chi connectivity index (χ1v) is 9.34. The molecule has 0 saturated heterocycles. The molecule has 1 N–H and O–H groups in total. The lowest BCUT2D eigenvalue weighted by Crippen LogP contribution is -2.30. The van der Waals surface area contributed by atoms with Gasteiger partial charge in [0.2, 0.25) is 0 Å². The zero-order valence-electron chi connectivity index (χ0n) is 15.7. The third-order valence-corrected chi connectivity index (χ3v) is 4.62. The van der Waals surface area contributed by atoms with Crippen LogP contribution in [0.2, 0.25) is 5.02 Å². The van der Waals surface area contributed by atoms with Crippen molar-refractivity contribution < 1.29 is 9.53 Å². The lowest BCUT2D eigenvalue weighted by molar-refractivity contribution is 0.0945. The molecule has 1 aromatic carbocycles. The van der Waals surface area contributed by atoms with Gasteiger partial charge in [-0.1, -0.05) is 25.4 Å². The number of hydrogen-bond acceptors (Lipinski definition) is 4. The summed E-state index contributed by atoms with van der Waals surface area (Å²) in [6, 6.07) is 7.17. The third-order valence-electron chi connectivity index (χ3n) is 4.20. The Balaban J connectivity index is 1.77. The fourth-order valence-corrected chi connectivity index (χ4v) is 2.65. The number of ether oxygens (including phenoxy) is 1. The second-order valence-electron chi connectivity index (χ2n) is 6.06. The van der Waals surface area contributed by atoms with E-state index in [1.807, 2.05) is 19.1 Å². The molecule has 0 fully saturated rings. The molecule has 26 heavy (non-hydrogen) atoms. The van der Waals surface area contributed by atoms with Gasteiger partial charge in [0.1, 0.15) is 11.4 Å². The van der Waals surface area contributed by atoms with Gasteiger partial charge in [0.25, 0.3) is 5.91 Å². The molecule has 0 radical (unpaired) electrons. The minimum absolute atomic E-state index is 0.161.